The molecule has 1 rings (SSSR count). The summed E-state index contributed by atoms with van der Waals surface area (Å²) in [5.41, 5.74) is -1.49. The van der Waals surface area contributed by atoms with E-state index < -0.39 is 19.3 Å². The number of hydrogen-bond acceptors (Lipinski definition) is 3. The first-order valence-corrected chi connectivity index (χ1v) is 11.3. The van der Waals surface area contributed by atoms with Crippen molar-refractivity contribution in [3.05, 3.63) is 28.2 Å². The lowest BCUT2D eigenvalue weighted by atomic mass is 9.78. The lowest BCUT2D eigenvalue weighted by Gasteiger charge is -2.42. The van der Waals surface area contributed by atoms with Gasteiger partial charge in [-0.05, 0) is 31.8 Å². The third-order valence-electron chi connectivity index (χ3n) is 3.21. The third-order valence-corrected chi connectivity index (χ3v) is 4.77. The summed E-state index contributed by atoms with van der Waals surface area (Å²) < 4.78 is 12.0. The lowest BCUT2D eigenvalue weighted by molar-refractivity contribution is -0.0256. The van der Waals surface area contributed by atoms with Gasteiger partial charge in [0, 0.05) is 5.41 Å². The van der Waals surface area contributed by atoms with Gasteiger partial charge in [-0.2, -0.15) is 5.26 Å². The van der Waals surface area contributed by atoms with Gasteiger partial charge in [0.2, 0.25) is 0 Å². The van der Waals surface area contributed by atoms with Crippen LogP contribution in [0.5, 0.6) is 5.75 Å². The molecule has 0 aliphatic heterocycles. The summed E-state index contributed by atoms with van der Waals surface area (Å²) in [6.07, 6.45) is 0. The largest absolute Gasteiger partial charge is 0.486 e. The second kappa shape index (κ2) is 6.80. The van der Waals surface area contributed by atoms with E-state index in [0.29, 0.717) is 15.8 Å². The van der Waals surface area contributed by atoms with Crippen molar-refractivity contribution in [2.45, 2.75) is 46.0 Å². The zero-order valence-corrected chi connectivity index (χ0v) is 16.5. The number of nitrogens with zero attached hydrogens (tertiary/aromatic N) is 1. The zero-order valence-electron chi connectivity index (χ0n) is 14.0. The standard InChI is InChI=1S/C16H23Cl2NO2Si/c1-15(2,3)16(10-19,21-22(4,5)6)11-20-14-12(17)8-7-9-13(14)18/h7-9H,11H2,1-6H3. The number of para-hydroxylation sites is 1. The normalized spacial score (nSPS) is 15.0. The molecule has 0 aromatic heterocycles. The van der Waals surface area contributed by atoms with Gasteiger partial charge < -0.3 is 9.16 Å². The molecular formula is C16H23Cl2NO2Si. The monoisotopic (exact) mass is 359 g/mol. The zero-order chi connectivity index (χ0) is 17.2. The number of rotatable bonds is 5. The smallest absolute Gasteiger partial charge is 0.186 e. The van der Waals surface area contributed by atoms with Gasteiger partial charge >= 0.3 is 0 Å². The maximum absolute atomic E-state index is 9.79. The number of ether oxygens (including phenoxy) is 1. The highest BCUT2D eigenvalue weighted by atomic mass is 35.5. The average Bonchev–Trinajstić information content (AvgIpc) is 2.33. The Bertz CT molecular complexity index is 553. The molecule has 0 bridgehead atoms. The van der Waals surface area contributed by atoms with Crippen LogP contribution in [-0.4, -0.2) is 20.5 Å². The molecular weight excluding hydrogens is 337 g/mol. The Labute approximate surface area is 144 Å². The Balaban J connectivity index is 3.13. The Kier molecular flexibility index (Phi) is 5.97. The number of halogens is 2. The molecule has 22 heavy (non-hydrogen) atoms. The fourth-order valence-electron chi connectivity index (χ4n) is 1.94. The van der Waals surface area contributed by atoms with Gasteiger partial charge in [0.05, 0.1) is 10.0 Å². The van der Waals surface area contributed by atoms with Crippen LogP contribution < -0.4 is 4.74 Å². The molecule has 0 saturated carbocycles. The Hall–Kier alpha value is -0.733. The summed E-state index contributed by atoms with van der Waals surface area (Å²) >= 11 is 12.2. The molecule has 0 heterocycles. The third kappa shape index (κ3) is 4.63. The van der Waals surface area contributed by atoms with E-state index in [1.165, 1.54) is 0 Å². The molecule has 1 unspecified atom stereocenters. The first-order valence-electron chi connectivity index (χ1n) is 7.10. The number of benzene rings is 1. The topological polar surface area (TPSA) is 42.2 Å². The minimum atomic E-state index is -1.96. The van der Waals surface area contributed by atoms with Crippen molar-refractivity contribution in [3.8, 4) is 11.8 Å². The maximum Gasteiger partial charge on any atom is 0.186 e. The molecule has 0 aliphatic rings. The summed E-state index contributed by atoms with van der Waals surface area (Å²) in [5.74, 6) is 0.383. The first kappa shape index (κ1) is 19.3. The van der Waals surface area contributed by atoms with Gasteiger partial charge in [-0.25, -0.2) is 0 Å². The summed E-state index contributed by atoms with van der Waals surface area (Å²) in [6, 6.07) is 7.47. The molecule has 122 valence electrons. The van der Waals surface area contributed by atoms with Crippen molar-refractivity contribution in [3.63, 3.8) is 0 Å². The van der Waals surface area contributed by atoms with Crippen LogP contribution in [0.3, 0.4) is 0 Å². The van der Waals surface area contributed by atoms with Gasteiger partial charge in [-0.1, -0.05) is 50.0 Å². The molecule has 6 heteroatoms. The molecule has 0 fully saturated rings. The predicted molar refractivity (Wildman–Crippen MR) is 94.2 cm³/mol. The fraction of sp³-hybridized carbons (Fsp3) is 0.562. The number of hydrogen-bond donors (Lipinski definition) is 0. The minimum Gasteiger partial charge on any atom is -0.486 e. The molecule has 1 aromatic carbocycles. The highest BCUT2D eigenvalue weighted by Gasteiger charge is 2.47. The van der Waals surface area contributed by atoms with Crippen molar-refractivity contribution in [2.75, 3.05) is 6.61 Å². The highest BCUT2D eigenvalue weighted by Crippen LogP contribution is 2.39. The van der Waals surface area contributed by atoms with E-state index in [1.807, 2.05) is 40.4 Å². The van der Waals surface area contributed by atoms with Crippen LogP contribution in [0.1, 0.15) is 20.8 Å². The Morgan fingerprint density at radius 3 is 2.00 bits per heavy atom. The van der Waals surface area contributed by atoms with Crippen LogP contribution in [0.4, 0.5) is 0 Å². The van der Waals surface area contributed by atoms with E-state index in [-0.39, 0.29) is 6.61 Å². The summed E-state index contributed by atoms with van der Waals surface area (Å²) in [6.45, 7) is 12.1. The van der Waals surface area contributed by atoms with Crippen molar-refractivity contribution >= 4 is 31.5 Å². The Morgan fingerprint density at radius 1 is 1.14 bits per heavy atom. The van der Waals surface area contributed by atoms with Gasteiger partial charge in [0.1, 0.15) is 12.7 Å². The van der Waals surface area contributed by atoms with Gasteiger partial charge in [-0.3, -0.25) is 0 Å². The summed E-state index contributed by atoms with van der Waals surface area (Å²) in [5, 5.41) is 10.6. The minimum absolute atomic E-state index is 0.0702. The van der Waals surface area contributed by atoms with Crippen LogP contribution in [-0.2, 0) is 4.43 Å². The second-order valence-electron chi connectivity index (χ2n) is 7.24. The molecule has 0 aliphatic carbocycles. The van der Waals surface area contributed by atoms with Crippen LogP contribution >= 0.6 is 23.2 Å². The van der Waals surface area contributed by atoms with E-state index in [0.717, 1.165) is 0 Å². The quantitative estimate of drug-likeness (QED) is 0.648. The van der Waals surface area contributed by atoms with Crippen molar-refractivity contribution in [1.29, 1.82) is 5.26 Å². The fourth-order valence-corrected chi connectivity index (χ4v) is 3.90. The van der Waals surface area contributed by atoms with Gasteiger partial charge in [0.25, 0.3) is 0 Å². The number of nitriles is 1. The van der Waals surface area contributed by atoms with E-state index in [9.17, 15) is 5.26 Å². The van der Waals surface area contributed by atoms with E-state index in [2.05, 4.69) is 6.07 Å². The summed E-state index contributed by atoms with van der Waals surface area (Å²) in [7, 11) is -1.96. The molecule has 0 amide bonds. The van der Waals surface area contributed by atoms with E-state index in [1.54, 1.807) is 18.2 Å². The van der Waals surface area contributed by atoms with Crippen LogP contribution in [0.25, 0.3) is 0 Å². The molecule has 0 spiro atoms. The maximum atomic E-state index is 9.79. The van der Waals surface area contributed by atoms with Gasteiger partial charge in [-0.15, -0.1) is 0 Å². The van der Waals surface area contributed by atoms with Gasteiger partial charge in [0.15, 0.2) is 19.7 Å². The molecule has 0 radical (unpaired) electrons. The first-order chi connectivity index (χ1) is 9.92. The van der Waals surface area contributed by atoms with Crippen LogP contribution in [0.15, 0.2) is 18.2 Å². The molecule has 0 N–H and O–H groups in total. The van der Waals surface area contributed by atoms with Crippen LogP contribution in [0.2, 0.25) is 29.7 Å². The summed E-state index contributed by atoms with van der Waals surface area (Å²) in [4.78, 5) is 0. The van der Waals surface area contributed by atoms with Crippen LogP contribution in [0, 0.1) is 16.7 Å². The average molecular weight is 360 g/mol. The SMILES string of the molecule is CC(C)(C)C(C#N)(COc1c(Cl)cccc1Cl)O[Si](C)(C)C. The highest BCUT2D eigenvalue weighted by molar-refractivity contribution is 6.69. The van der Waals surface area contributed by atoms with E-state index >= 15 is 0 Å². The second-order valence-corrected chi connectivity index (χ2v) is 12.5. The molecule has 1 aromatic rings. The molecule has 0 saturated heterocycles. The van der Waals surface area contributed by atoms with Crippen molar-refractivity contribution < 1.29 is 9.16 Å². The Morgan fingerprint density at radius 2 is 1.64 bits per heavy atom. The van der Waals surface area contributed by atoms with Crippen molar-refractivity contribution in [1.82, 2.24) is 0 Å². The lowest BCUT2D eigenvalue weighted by Crippen LogP contribution is -2.54. The van der Waals surface area contributed by atoms with Crippen molar-refractivity contribution in [2.24, 2.45) is 5.41 Å². The van der Waals surface area contributed by atoms with E-state index in [4.69, 9.17) is 32.4 Å². The molecule has 3 nitrogen and oxygen atoms in total. The predicted octanol–water partition coefficient (Wildman–Crippen LogP) is 5.53. The molecule has 1 atom stereocenters.